The number of thiazole rings is 1. The van der Waals surface area contributed by atoms with Crippen molar-refractivity contribution >= 4 is 11.3 Å². The Hall–Kier alpha value is -0.490. The number of rotatable bonds is 8. The molecule has 108 valence electrons. The summed E-state index contributed by atoms with van der Waals surface area (Å²) in [7, 11) is 0. The van der Waals surface area contributed by atoms with E-state index in [2.05, 4.69) is 21.0 Å². The number of nitrogens with one attached hydrogen (secondary N) is 2. The molecule has 0 atom stereocenters. The molecule has 0 radical (unpaired) electrons. The van der Waals surface area contributed by atoms with Crippen LogP contribution in [-0.4, -0.2) is 43.9 Å². The molecule has 0 amide bonds. The van der Waals surface area contributed by atoms with Gasteiger partial charge in [-0.1, -0.05) is 0 Å². The molecular weight excluding hydrogens is 258 g/mol. The summed E-state index contributed by atoms with van der Waals surface area (Å²) < 4.78 is 5.86. The summed E-state index contributed by atoms with van der Waals surface area (Å²) in [5.74, 6) is 0. The number of hydrogen-bond donors (Lipinski definition) is 2. The molecule has 1 aliphatic rings. The van der Waals surface area contributed by atoms with Gasteiger partial charge in [-0.2, -0.15) is 0 Å². The number of piperidine rings is 1. The van der Waals surface area contributed by atoms with Crippen LogP contribution in [0.25, 0.3) is 0 Å². The SMILES string of the molecule is Cc1csc(CCNCCCOC2CCNCC2)n1. The maximum Gasteiger partial charge on any atom is 0.0940 e. The number of hydrogen-bond acceptors (Lipinski definition) is 5. The van der Waals surface area contributed by atoms with E-state index < -0.39 is 0 Å². The van der Waals surface area contributed by atoms with Crippen LogP contribution in [0.2, 0.25) is 0 Å². The van der Waals surface area contributed by atoms with E-state index in [-0.39, 0.29) is 0 Å². The van der Waals surface area contributed by atoms with Crippen molar-refractivity contribution in [2.75, 3.05) is 32.8 Å². The predicted octanol–water partition coefficient (Wildman–Crippen LogP) is 1.74. The van der Waals surface area contributed by atoms with Gasteiger partial charge in [-0.05, 0) is 45.8 Å². The van der Waals surface area contributed by atoms with Crippen molar-refractivity contribution in [1.82, 2.24) is 15.6 Å². The normalized spacial score (nSPS) is 16.9. The molecule has 0 spiro atoms. The van der Waals surface area contributed by atoms with Crippen molar-refractivity contribution in [2.24, 2.45) is 0 Å². The zero-order valence-corrected chi connectivity index (χ0v) is 12.6. The van der Waals surface area contributed by atoms with E-state index in [4.69, 9.17) is 4.74 Å². The van der Waals surface area contributed by atoms with Gasteiger partial charge in [-0.25, -0.2) is 4.98 Å². The Kier molecular flexibility index (Phi) is 6.78. The highest BCUT2D eigenvalue weighted by Gasteiger charge is 2.12. The Morgan fingerprint density at radius 2 is 2.26 bits per heavy atom. The lowest BCUT2D eigenvalue weighted by Gasteiger charge is -2.22. The van der Waals surface area contributed by atoms with Crippen molar-refractivity contribution in [1.29, 1.82) is 0 Å². The Balaban J connectivity index is 1.42. The first-order valence-electron chi connectivity index (χ1n) is 7.28. The van der Waals surface area contributed by atoms with E-state index in [0.717, 1.165) is 64.2 Å². The van der Waals surface area contributed by atoms with Gasteiger partial charge in [0.25, 0.3) is 0 Å². The Morgan fingerprint density at radius 1 is 1.42 bits per heavy atom. The van der Waals surface area contributed by atoms with Crippen LogP contribution in [0.5, 0.6) is 0 Å². The van der Waals surface area contributed by atoms with E-state index in [9.17, 15) is 0 Å². The quantitative estimate of drug-likeness (QED) is 0.714. The van der Waals surface area contributed by atoms with Crippen LogP contribution in [0.1, 0.15) is 30.0 Å². The maximum absolute atomic E-state index is 5.86. The summed E-state index contributed by atoms with van der Waals surface area (Å²) in [4.78, 5) is 4.45. The largest absolute Gasteiger partial charge is 0.378 e. The Labute approximate surface area is 120 Å². The van der Waals surface area contributed by atoms with E-state index in [1.54, 1.807) is 11.3 Å². The minimum absolute atomic E-state index is 0.486. The van der Waals surface area contributed by atoms with Crippen molar-refractivity contribution in [3.63, 3.8) is 0 Å². The van der Waals surface area contributed by atoms with Crippen LogP contribution in [0.4, 0.5) is 0 Å². The first kappa shape index (κ1) is 14.9. The fourth-order valence-electron chi connectivity index (χ4n) is 2.25. The van der Waals surface area contributed by atoms with E-state index in [1.807, 2.05) is 6.92 Å². The molecule has 2 rings (SSSR count). The molecule has 0 aromatic carbocycles. The van der Waals surface area contributed by atoms with Gasteiger partial charge in [0.1, 0.15) is 0 Å². The highest BCUT2D eigenvalue weighted by atomic mass is 32.1. The second-order valence-corrected chi connectivity index (χ2v) is 6.00. The summed E-state index contributed by atoms with van der Waals surface area (Å²) in [6.45, 7) is 7.20. The van der Waals surface area contributed by atoms with Crippen LogP contribution in [-0.2, 0) is 11.2 Å². The van der Waals surface area contributed by atoms with E-state index in [1.165, 1.54) is 5.01 Å². The molecule has 0 bridgehead atoms. The monoisotopic (exact) mass is 283 g/mol. The molecule has 1 saturated heterocycles. The Bertz CT molecular complexity index is 350. The van der Waals surface area contributed by atoms with Crippen molar-refractivity contribution in [3.8, 4) is 0 Å². The van der Waals surface area contributed by atoms with Crippen LogP contribution in [0.3, 0.4) is 0 Å². The minimum Gasteiger partial charge on any atom is -0.378 e. The van der Waals surface area contributed by atoms with Crippen LogP contribution >= 0.6 is 11.3 Å². The van der Waals surface area contributed by atoms with Crippen molar-refractivity contribution in [2.45, 2.75) is 38.7 Å². The van der Waals surface area contributed by atoms with Gasteiger partial charge in [0.2, 0.25) is 0 Å². The number of aryl methyl sites for hydroxylation is 1. The van der Waals surface area contributed by atoms with Gasteiger partial charge in [-0.3, -0.25) is 0 Å². The molecule has 19 heavy (non-hydrogen) atoms. The lowest BCUT2D eigenvalue weighted by atomic mass is 10.1. The molecule has 1 aromatic rings. The molecule has 4 nitrogen and oxygen atoms in total. The Morgan fingerprint density at radius 3 is 3.00 bits per heavy atom. The minimum atomic E-state index is 0.486. The molecule has 0 aliphatic carbocycles. The summed E-state index contributed by atoms with van der Waals surface area (Å²) in [5.41, 5.74) is 1.13. The average Bonchev–Trinajstić information content (AvgIpc) is 2.85. The summed E-state index contributed by atoms with van der Waals surface area (Å²) in [5, 5.41) is 10.2. The molecule has 0 saturated carbocycles. The third kappa shape index (κ3) is 5.99. The standard InChI is InChI=1S/C14H25N3OS/c1-12-11-19-14(17-12)5-9-15-6-2-10-18-13-3-7-16-8-4-13/h11,13,15-16H,2-10H2,1H3. The summed E-state index contributed by atoms with van der Waals surface area (Å²) >= 11 is 1.75. The average molecular weight is 283 g/mol. The first-order valence-corrected chi connectivity index (χ1v) is 8.16. The molecular formula is C14H25N3OS. The molecule has 1 aliphatic heterocycles. The van der Waals surface area contributed by atoms with Gasteiger partial charge < -0.3 is 15.4 Å². The van der Waals surface area contributed by atoms with Crippen molar-refractivity contribution in [3.05, 3.63) is 16.1 Å². The van der Waals surface area contributed by atoms with E-state index in [0.29, 0.717) is 6.10 Å². The second kappa shape index (κ2) is 8.64. The molecule has 2 N–H and O–H groups in total. The van der Waals surface area contributed by atoms with Gasteiger partial charge in [-0.15, -0.1) is 11.3 Å². The molecule has 5 heteroatoms. The van der Waals surface area contributed by atoms with Crippen LogP contribution in [0.15, 0.2) is 5.38 Å². The van der Waals surface area contributed by atoms with Gasteiger partial charge in [0, 0.05) is 30.6 Å². The molecule has 2 heterocycles. The first-order chi connectivity index (χ1) is 9.34. The maximum atomic E-state index is 5.86. The lowest BCUT2D eigenvalue weighted by molar-refractivity contribution is 0.0318. The highest BCUT2D eigenvalue weighted by molar-refractivity contribution is 7.09. The summed E-state index contributed by atoms with van der Waals surface area (Å²) in [6.07, 6.45) is 4.95. The zero-order chi connectivity index (χ0) is 13.3. The number of aromatic nitrogens is 1. The van der Waals surface area contributed by atoms with E-state index >= 15 is 0 Å². The summed E-state index contributed by atoms with van der Waals surface area (Å²) in [6, 6.07) is 0. The topological polar surface area (TPSA) is 46.2 Å². The molecule has 0 unspecified atom stereocenters. The third-order valence-corrected chi connectivity index (χ3v) is 4.35. The fourth-order valence-corrected chi connectivity index (χ4v) is 3.02. The molecule has 1 fully saturated rings. The van der Waals surface area contributed by atoms with Gasteiger partial charge in [0.15, 0.2) is 0 Å². The molecule has 1 aromatic heterocycles. The number of ether oxygens (including phenoxy) is 1. The zero-order valence-electron chi connectivity index (χ0n) is 11.8. The smallest absolute Gasteiger partial charge is 0.0940 e. The lowest BCUT2D eigenvalue weighted by Crippen LogP contribution is -2.33. The second-order valence-electron chi connectivity index (χ2n) is 5.06. The van der Waals surface area contributed by atoms with Crippen molar-refractivity contribution < 1.29 is 4.74 Å². The third-order valence-electron chi connectivity index (χ3n) is 3.32. The van der Waals surface area contributed by atoms with Crippen LogP contribution < -0.4 is 10.6 Å². The van der Waals surface area contributed by atoms with Gasteiger partial charge >= 0.3 is 0 Å². The number of nitrogens with zero attached hydrogens (tertiary/aromatic N) is 1. The van der Waals surface area contributed by atoms with Gasteiger partial charge in [0.05, 0.1) is 11.1 Å². The van der Waals surface area contributed by atoms with Crippen LogP contribution in [0, 0.1) is 6.92 Å². The fraction of sp³-hybridized carbons (Fsp3) is 0.786. The highest BCUT2D eigenvalue weighted by Crippen LogP contribution is 2.08. The predicted molar refractivity (Wildman–Crippen MR) is 79.9 cm³/mol.